The number of nitrogen functional groups attached to an aromatic ring is 1. The van der Waals surface area contributed by atoms with Gasteiger partial charge in [-0.15, -0.1) is 0 Å². The standard InChI is InChI=1S/C16H16FN3/c1-11-7-13(3-5-14(11)17)10-20(2)16-8-12(9-18)4-6-15(16)19/h3-8H,10,19H2,1-2H3. The van der Waals surface area contributed by atoms with E-state index < -0.39 is 0 Å². The van der Waals surface area contributed by atoms with Gasteiger partial charge in [0.1, 0.15) is 5.82 Å². The van der Waals surface area contributed by atoms with Gasteiger partial charge in [0.2, 0.25) is 0 Å². The minimum absolute atomic E-state index is 0.206. The molecule has 0 aromatic heterocycles. The summed E-state index contributed by atoms with van der Waals surface area (Å²) in [5.41, 5.74) is 9.53. The second kappa shape index (κ2) is 5.62. The Kier molecular flexibility index (Phi) is 3.90. The number of rotatable bonds is 3. The van der Waals surface area contributed by atoms with Crippen molar-refractivity contribution in [2.24, 2.45) is 0 Å². The van der Waals surface area contributed by atoms with Crippen molar-refractivity contribution < 1.29 is 4.39 Å². The van der Waals surface area contributed by atoms with Gasteiger partial charge in [-0.1, -0.05) is 12.1 Å². The van der Waals surface area contributed by atoms with E-state index in [-0.39, 0.29) is 5.82 Å². The number of hydrogen-bond acceptors (Lipinski definition) is 3. The summed E-state index contributed by atoms with van der Waals surface area (Å²) in [6.45, 7) is 2.34. The van der Waals surface area contributed by atoms with E-state index in [1.807, 2.05) is 18.0 Å². The van der Waals surface area contributed by atoms with Crippen LogP contribution in [0, 0.1) is 24.1 Å². The van der Waals surface area contributed by atoms with E-state index in [4.69, 9.17) is 11.0 Å². The first-order chi connectivity index (χ1) is 9.51. The Morgan fingerprint density at radius 3 is 2.65 bits per heavy atom. The number of anilines is 2. The minimum atomic E-state index is -0.206. The summed E-state index contributed by atoms with van der Waals surface area (Å²) in [5, 5.41) is 8.94. The summed E-state index contributed by atoms with van der Waals surface area (Å²) in [4.78, 5) is 1.95. The van der Waals surface area contributed by atoms with Crippen LogP contribution in [0.3, 0.4) is 0 Å². The SMILES string of the molecule is Cc1cc(CN(C)c2cc(C#N)ccc2N)ccc1F. The van der Waals surface area contributed by atoms with Crippen molar-refractivity contribution in [3.05, 3.63) is 58.9 Å². The van der Waals surface area contributed by atoms with Crippen molar-refractivity contribution in [3.8, 4) is 6.07 Å². The van der Waals surface area contributed by atoms with Crippen LogP contribution < -0.4 is 10.6 Å². The van der Waals surface area contributed by atoms with E-state index in [1.165, 1.54) is 6.07 Å². The molecule has 0 unspecified atom stereocenters. The zero-order valence-electron chi connectivity index (χ0n) is 11.5. The fourth-order valence-electron chi connectivity index (χ4n) is 2.11. The molecular formula is C16H16FN3. The van der Waals surface area contributed by atoms with Gasteiger partial charge in [-0.3, -0.25) is 0 Å². The molecule has 4 heteroatoms. The van der Waals surface area contributed by atoms with Gasteiger partial charge in [-0.25, -0.2) is 4.39 Å². The predicted octanol–water partition coefficient (Wildman–Crippen LogP) is 3.22. The molecule has 0 fully saturated rings. The quantitative estimate of drug-likeness (QED) is 0.870. The molecule has 0 saturated carbocycles. The van der Waals surface area contributed by atoms with Crippen molar-refractivity contribution >= 4 is 11.4 Å². The summed E-state index contributed by atoms with van der Waals surface area (Å²) in [6.07, 6.45) is 0. The van der Waals surface area contributed by atoms with Gasteiger partial charge in [0, 0.05) is 13.6 Å². The van der Waals surface area contributed by atoms with E-state index in [2.05, 4.69) is 6.07 Å². The Labute approximate surface area is 118 Å². The molecule has 0 bridgehead atoms. The molecule has 0 atom stereocenters. The number of halogens is 1. The molecule has 102 valence electrons. The van der Waals surface area contributed by atoms with Gasteiger partial charge < -0.3 is 10.6 Å². The summed E-state index contributed by atoms with van der Waals surface area (Å²) in [7, 11) is 1.89. The molecule has 2 aromatic carbocycles. The smallest absolute Gasteiger partial charge is 0.126 e. The number of benzene rings is 2. The fourth-order valence-corrected chi connectivity index (χ4v) is 2.11. The number of nitriles is 1. The predicted molar refractivity (Wildman–Crippen MR) is 78.8 cm³/mol. The molecule has 0 heterocycles. The second-order valence-corrected chi connectivity index (χ2v) is 4.82. The lowest BCUT2D eigenvalue weighted by atomic mass is 10.1. The van der Waals surface area contributed by atoms with Crippen molar-refractivity contribution in [1.82, 2.24) is 0 Å². The molecule has 0 spiro atoms. The highest BCUT2D eigenvalue weighted by Gasteiger charge is 2.08. The molecule has 20 heavy (non-hydrogen) atoms. The van der Waals surface area contributed by atoms with Crippen molar-refractivity contribution in [2.75, 3.05) is 17.7 Å². The molecular weight excluding hydrogens is 253 g/mol. The first-order valence-corrected chi connectivity index (χ1v) is 6.27. The lowest BCUT2D eigenvalue weighted by Gasteiger charge is -2.21. The average molecular weight is 269 g/mol. The van der Waals surface area contributed by atoms with Gasteiger partial charge in [0.25, 0.3) is 0 Å². The Morgan fingerprint density at radius 1 is 1.25 bits per heavy atom. The van der Waals surface area contributed by atoms with Crippen LogP contribution in [0.25, 0.3) is 0 Å². The molecule has 0 aliphatic rings. The van der Waals surface area contributed by atoms with E-state index in [0.29, 0.717) is 23.4 Å². The maximum Gasteiger partial charge on any atom is 0.126 e. The van der Waals surface area contributed by atoms with Crippen LogP contribution in [-0.2, 0) is 6.54 Å². The topological polar surface area (TPSA) is 53.0 Å². The Bertz CT molecular complexity index is 674. The van der Waals surface area contributed by atoms with Crippen LogP contribution >= 0.6 is 0 Å². The van der Waals surface area contributed by atoms with Gasteiger partial charge in [0.15, 0.2) is 0 Å². The minimum Gasteiger partial charge on any atom is -0.397 e. The van der Waals surface area contributed by atoms with Crippen LogP contribution in [0.15, 0.2) is 36.4 Å². The molecule has 0 aliphatic heterocycles. The van der Waals surface area contributed by atoms with E-state index >= 15 is 0 Å². The lowest BCUT2D eigenvalue weighted by molar-refractivity contribution is 0.617. The molecule has 2 rings (SSSR count). The molecule has 3 nitrogen and oxygen atoms in total. The van der Waals surface area contributed by atoms with Gasteiger partial charge in [0.05, 0.1) is 23.0 Å². The molecule has 0 radical (unpaired) electrons. The fraction of sp³-hybridized carbons (Fsp3) is 0.188. The zero-order chi connectivity index (χ0) is 14.7. The molecule has 0 saturated heterocycles. The van der Waals surface area contributed by atoms with Crippen LogP contribution in [0.4, 0.5) is 15.8 Å². The average Bonchev–Trinajstić information content (AvgIpc) is 2.43. The maximum absolute atomic E-state index is 13.3. The molecule has 0 aliphatic carbocycles. The van der Waals surface area contributed by atoms with Crippen molar-refractivity contribution in [3.63, 3.8) is 0 Å². The van der Waals surface area contributed by atoms with Gasteiger partial charge in [-0.05, 0) is 42.3 Å². The van der Waals surface area contributed by atoms with Crippen LogP contribution in [0.1, 0.15) is 16.7 Å². The van der Waals surface area contributed by atoms with Crippen molar-refractivity contribution in [1.29, 1.82) is 5.26 Å². The monoisotopic (exact) mass is 269 g/mol. The number of hydrogen-bond donors (Lipinski definition) is 1. The third-order valence-electron chi connectivity index (χ3n) is 3.21. The number of nitrogens with zero attached hydrogens (tertiary/aromatic N) is 2. The van der Waals surface area contributed by atoms with Crippen LogP contribution in [0.2, 0.25) is 0 Å². The summed E-state index contributed by atoms with van der Waals surface area (Å²) in [5.74, 6) is -0.206. The Hall–Kier alpha value is -2.54. The first kappa shape index (κ1) is 13.9. The molecule has 2 aromatic rings. The third-order valence-corrected chi connectivity index (χ3v) is 3.21. The highest BCUT2D eigenvalue weighted by Crippen LogP contribution is 2.25. The number of nitrogens with two attached hydrogens (primary N) is 1. The Morgan fingerprint density at radius 2 is 2.00 bits per heavy atom. The van der Waals surface area contributed by atoms with Gasteiger partial charge in [-0.2, -0.15) is 5.26 Å². The van der Waals surface area contributed by atoms with Crippen molar-refractivity contribution in [2.45, 2.75) is 13.5 Å². The lowest BCUT2D eigenvalue weighted by Crippen LogP contribution is -2.18. The summed E-state index contributed by atoms with van der Waals surface area (Å²) in [6, 6.07) is 12.3. The largest absolute Gasteiger partial charge is 0.397 e. The Balaban J connectivity index is 2.25. The second-order valence-electron chi connectivity index (χ2n) is 4.82. The van der Waals surface area contributed by atoms with E-state index in [0.717, 1.165) is 11.3 Å². The zero-order valence-corrected chi connectivity index (χ0v) is 11.5. The summed E-state index contributed by atoms with van der Waals surface area (Å²) < 4.78 is 13.3. The summed E-state index contributed by atoms with van der Waals surface area (Å²) >= 11 is 0. The van der Waals surface area contributed by atoms with E-state index in [9.17, 15) is 4.39 Å². The molecule has 0 amide bonds. The van der Waals surface area contributed by atoms with E-state index in [1.54, 1.807) is 31.2 Å². The van der Waals surface area contributed by atoms with Crippen LogP contribution in [-0.4, -0.2) is 7.05 Å². The first-order valence-electron chi connectivity index (χ1n) is 6.27. The molecule has 2 N–H and O–H groups in total. The number of aryl methyl sites for hydroxylation is 1. The van der Waals surface area contributed by atoms with Gasteiger partial charge >= 0.3 is 0 Å². The third kappa shape index (κ3) is 2.89. The highest BCUT2D eigenvalue weighted by molar-refractivity contribution is 5.69. The highest BCUT2D eigenvalue weighted by atomic mass is 19.1. The maximum atomic E-state index is 13.3. The van der Waals surface area contributed by atoms with Crippen LogP contribution in [0.5, 0.6) is 0 Å². The normalized spacial score (nSPS) is 10.1.